The van der Waals surface area contributed by atoms with Crippen LogP contribution >= 0.6 is 11.6 Å². The first-order valence-corrected chi connectivity index (χ1v) is 12.2. The molecule has 9 nitrogen and oxygen atoms in total. The van der Waals surface area contributed by atoms with E-state index in [1.807, 2.05) is 4.68 Å². The van der Waals surface area contributed by atoms with Crippen molar-refractivity contribution in [2.45, 2.75) is 51.1 Å². The predicted molar refractivity (Wildman–Crippen MR) is 130 cm³/mol. The van der Waals surface area contributed by atoms with E-state index in [4.69, 9.17) is 22.1 Å². The van der Waals surface area contributed by atoms with Crippen LogP contribution in [0.4, 0.5) is 24.7 Å². The standard InChI is InChI=1S/C24H25ClF3N7O2/c1-13(14-6-16(24(26,27)28)8-17(29)7-14)31-21-19-11-34(12-20(19)32-23(25)33-21)22(36)15-9-30-35(10-15)18-2-4-37-5-3-18/h6-10,13,18H,2-5,11-12,29H2,1H3,(H,31,32,33)/t13-/m1/s1. The molecule has 0 spiro atoms. The molecular formula is C24H25ClF3N7O2. The van der Waals surface area contributed by atoms with E-state index in [9.17, 15) is 18.0 Å². The van der Waals surface area contributed by atoms with Crippen LogP contribution in [0.3, 0.4) is 0 Å². The van der Waals surface area contributed by atoms with Crippen LogP contribution in [0.5, 0.6) is 0 Å². The number of hydrogen-bond donors (Lipinski definition) is 2. The molecule has 1 fully saturated rings. The van der Waals surface area contributed by atoms with Crippen LogP contribution in [0.15, 0.2) is 30.6 Å². The normalized spacial score (nSPS) is 17.1. The Morgan fingerprint density at radius 3 is 2.70 bits per heavy atom. The Kier molecular flexibility index (Phi) is 6.71. The van der Waals surface area contributed by atoms with E-state index in [1.54, 1.807) is 24.2 Å². The van der Waals surface area contributed by atoms with Crippen LogP contribution in [-0.4, -0.2) is 43.8 Å². The van der Waals surface area contributed by atoms with Crippen LogP contribution in [0.2, 0.25) is 5.28 Å². The van der Waals surface area contributed by atoms with Gasteiger partial charge in [-0.2, -0.15) is 18.3 Å². The lowest BCUT2D eigenvalue weighted by Crippen LogP contribution is -2.25. The zero-order chi connectivity index (χ0) is 26.3. The third-order valence-corrected chi connectivity index (χ3v) is 6.78. The maximum Gasteiger partial charge on any atom is 0.416 e. The predicted octanol–water partition coefficient (Wildman–Crippen LogP) is 4.61. The van der Waals surface area contributed by atoms with Crippen LogP contribution < -0.4 is 11.1 Å². The Hall–Kier alpha value is -3.38. The monoisotopic (exact) mass is 535 g/mol. The van der Waals surface area contributed by atoms with E-state index in [0.29, 0.717) is 41.4 Å². The van der Waals surface area contributed by atoms with Gasteiger partial charge in [0.05, 0.1) is 48.2 Å². The first-order chi connectivity index (χ1) is 17.6. The zero-order valence-electron chi connectivity index (χ0n) is 19.9. The molecule has 1 aromatic carbocycles. The third-order valence-electron chi connectivity index (χ3n) is 6.61. The largest absolute Gasteiger partial charge is 0.416 e. The summed E-state index contributed by atoms with van der Waals surface area (Å²) in [7, 11) is 0. The third kappa shape index (κ3) is 5.35. The second kappa shape index (κ2) is 9.82. The van der Waals surface area contributed by atoms with Gasteiger partial charge in [0.15, 0.2) is 0 Å². The van der Waals surface area contributed by atoms with E-state index < -0.39 is 17.8 Å². The molecule has 0 aliphatic carbocycles. The van der Waals surface area contributed by atoms with Gasteiger partial charge in [0.25, 0.3) is 5.91 Å². The molecule has 196 valence electrons. The van der Waals surface area contributed by atoms with Gasteiger partial charge in [-0.25, -0.2) is 9.97 Å². The van der Waals surface area contributed by atoms with Gasteiger partial charge in [0.1, 0.15) is 5.82 Å². The number of carbonyl (C=O) groups excluding carboxylic acids is 1. The molecule has 37 heavy (non-hydrogen) atoms. The van der Waals surface area contributed by atoms with Crippen molar-refractivity contribution in [2.75, 3.05) is 24.3 Å². The first-order valence-electron chi connectivity index (χ1n) is 11.8. The number of fused-ring (bicyclic) bond motifs is 1. The molecule has 2 aromatic heterocycles. The van der Waals surface area contributed by atoms with E-state index >= 15 is 0 Å². The van der Waals surface area contributed by atoms with Crippen molar-refractivity contribution in [2.24, 2.45) is 0 Å². The van der Waals surface area contributed by atoms with E-state index in [-0.39, 0.29) is 36.0 Å². The second-order valence-electron chi connectivity index (χ2n) is 9.23. The van der Waals surface area contributed by atoms with Crippen molar-refractivity contribution < 1.29 is 22.7 Å². The van der Waals surface area contributed by atoms with Crippen LogP contribution in [0.1, 0.15) is 64.6 Å². The number of benzene rings is 1. The SMILES string of the molecule is C[C@@H](Nc1nc(Cl)nc2c1CN(C(=O)c1cnn(C3CCOCC3)c1)C2)c1cc(N)cc(C(F)(F)F)c1. The van der Waals surface area contributed by atoms with Gasteiger partial charge in [0, 0.05) is 30.7 Å². The number of hydrogen-bond acceptors (Lipinski definition) is 7. The molecule has 1 amide bonds. The highest BCUT2D eigenvalue weighted by Gasteiger charge is 2.33. The Morgan fingerprint density at radius 1 is 1.22 bits per heavy atom. The average molecular weight is 536 g/mol. The number of nitrogen functional groups attached to an aromatic ring is 1. The second-order valence-corrected chi connectivity index (χ2v) is 9.57. The summed E-state index contributed by atoms with van der Waals surface area (Å²) in [6.45, 7) is 3.46. The summed E-state index contributed by atoms with van der Waals surface area (Å²) in [5.74, 6) is 0.142. The molecule has 2 aliphatic rings. The molecule has 2 aliphatic heterocycles. The van der Waals surface area contributed by atoms with Crippen molar-refractivity contribution >= 4 is 29.0 Å². The lowest BCUT2D eigenvalue weighted by molar-refractivity contribution is -0.137. The molecule has 0 saturated carbocycles. The van der Waals surface area contributed by atoms with Crippen LogP contribution in [0, 0.1) is 0 Å². The van der Waals surface area contributed by atoms with Crippen molar-refractivity contribution in [3.8, 4) is 0 Å². The number of nitrogens with two attached hydrogens (primary N) is 1. The fraction of sp³-hybridized carbons (Fsp3) is 0.417. The lowest BCUT2D eigenvalue weighted by atomic mass is 10.0. The summed E-state index contributed by atoms with van der Waals surface area (Å²) in [5.41, 5.74) is 6.92. The minimum Gasteiger partial charge on any atom is -0.399 e. The van der Waals surface area contributed by atoms with E-state index in [2.05, 4.69) is 20.4 Å². The van der Waals surface area contributed by atoms with Gasteiger partial charge in [-0.05, 0) is 55.1 Å². The van der Waals surface area contributed by atoms with Crippen molar-refractivity contribution in [3.63, 3.8) is 0 Å². The molecule has 0 unspecified atom stereocenters. The van der Waals surface area contributed by atoms with Gasteiger partial charge in [-0.15, -0.1) is 0 Å². The smallest absolute Gasteiger partial charge is 0.399 e. The van der Waals surface area contributed by atoms with Crippen LogP contribution in [-0.2, 0) is 24.0 Å². The van der Waals surface area contributed by atoms with Crippen molar-refractivity contribution in [1.82, 2.24) is 24.6 Å². The maximum atomic E-state index is 13.3. The molecule has 13 heteroatoms. The lowest BCUT2D eigenvalue weighted by Gasteiger charge is -2.22. The molecule has 0 bridgehead atoms. The average Bonchev–Trinajstić information content (AvgIpc) is 3.51. The number of halogens is 4. The molecule has 4 heterocycles. The molecular weight excluding hydrogens is 511 g/mol. The summed E-state index contributed by atoms with van der Waals surface area (Å²) >= 11 is 6.14. The summed E-state index contributed by atoms with van der Waals surface area (Å²) in [4.78, 5) is 23.4. The van der Waals surface area contributed by atoms with Crippen molar-refractivity contribution in [3.05, 3.63) is 63.8 Å². The maximum absolute atomic E-state index is 13.3. The highest BCUT2D eigenvalue weighted by Crippen LogP contribution is 2.35. The number of ether oxygens (including phenoxy) is 1. The molecule has 0 radical (unpaired) electrons. The topological polar surface area (TPSA) is 111 Å². The van der Waals surface area contributed by atoms with Gasteiger partial charge < -0.3 is 20.7 Å². The van der Waals surface area contributed by atoms with Gasteiger partial charge in [0.2, 0.25) is 5.28 Å². The molecule has 1 atom stereocenters. The first kappa shape index (κ1) is 25.3. The van der Waals surface area contributed by atoms with Gasteiger partial charge in [-0.3, -0.25) is 9.48 Å². The fourth-order valence-electron chi connectivity index (χ4n) is 4.65. The number of nitrogens with one attached hydrogen (secondary N) is 1. The Bertz CT molecular complexity index is 1320. The molecule has 1 saturated heterocycles. The summed E-state index contributed by atoms with van der Waals surface area (Å²) in [5, 5.41) is 7.48. The minimum absolute atomic E-state index is 0.00231. The molecule has 3 aromatic rings. The Balaban J connectivity index is 1.34. The van der Waals surface area contributed by atoms with Crippen LogP contribution in [0.25, 0.3) is 0 Å². The zero-order valence-corrected chi connectivity index (χ0v) is 20.7. The quantitative estimate of drug-likeness (QED) is 0.362. The molecule has 5 rings (SSSR count). The highest BCUT2D eigenvalue weighted by atomic mass is 35.5. The Labute approximate surface area is 215 Å². The summed E-state index contributed by atoms with van der Waals surface area (Å²) in [6, 6.07) is 3.02. The fourth-order valence-corrected chi connectivity index (χ4v) is 4.83. The minimum atomic E-state index is -4.53. The Morgan fingerprint density at radius 2 is 1.97 bits per heavy atom. The number of amides is 1. The van der Waals surface area contributed by atoms with E-state index in [0.717, 1.165) is 25.0 Å². The number of rotatable bonds is 5. The molecule has 3 N–H and O–H groups in total. The number of carbonyl (C=O) groups is 1. The van der Waals surface area contributed by atoms with Crippen molar-refractivity contribution in [1.29, 1.82) is 0 Å². The number of nitrogens with zero attached hydrogens (tertiary/aromatic N) is 5. The summed E-state index contributed by atoms with van der Waals surface area (Å²) in [6.07, 6.45) is 0.452. The number of aromatic nitrogens is 4. The van der Waals surface area contributed by atoms with E-state index in [1.165, 1.54) is 6.07 Å². The van der Waals surface area contributed by atoms with Gasteiger partial charge >= 0.3 is 6.18 Å². The number of anilines is 2. The highest BCUT2D eigenvalue weighted by molar-refractivity contribution is 6.28. The number of alkyl halides is 3. The van der Waals surface area contributed by atoms with Gasteiger partial charge in [-0.1, -0.05) is 0 Å². The summed E-state index contributed by atoms with van der Waals surface area (Å²) < 4.78 is 47.0.